The summed E-state index contributed by atoms with van der Waals surface area (Å²) in [4.78, 5) is 0.915. The number of hydrogen-bond donors (Lipinski definition) is 0. The van der Waals surface area contributed by atoms with E-state index in [2.05, 4.69) is 6.82 Å². The Labute approximate surface area is 108 Å². The topological polar surface area (TPSA) is 34.1 Å². The summed E-state index contributed by atoms with van der Waals surface area (Å²) in [5, 5.41) is 0. The van der Waals surface area contributed by atoms with Crippen LogP contribution in [0, 0.1) is 0 Å². The predicted molar refractivity (Wildman–Crippen MR) is 74.8 cm³/mol. The molecule has 0 fully saturated rings. The third-order valence-corrected chi connectivity index (χ3v) is 5.46. The van der Waals surface area contributed by atoms with Gasteiger partial charge in [0.2, 0.25) is 16.6 Å². The highest BCUT2D eigenvalue weighted by Crippen LogP contribution is 2.30. The maximum atomic E-state index is 12.6. The fraction of sp³-hybridized carbons (Fsp3) is 0.143. The third-order valence-electron chi connectivity index (χ3n) is 3.55. The van der Waals surface area contributed by atoms with Crippen molar-refractivity contribution in [3.63, 3.8) is 0 Å². The fourth-order valence-corrected chi connectivity index (χ4v) is 4.48. The van der Waals surface area contributed by atoms with Crippen LogP contribution in [-0.2, 0) is 9.84 Å². The number of fused-ring (bicyclic) bond motifs is 1. The van der Waals surface area contributed by atoms with E-state index in [4.69, 9.17) is 0 Å². The summed E-state index contributed by atoms with van der Waals surface area (Å²) in [5.41, 5.74) is 1.80. The van der Waals surface area contributed by atoms with Gasteiger partial charge in [-0.1, -0.05) is 54.2 Å². The van der Waals surface area contributed by atoms with Crippen molar-refractivity contribution < 1.29 is 8.42 Å². The summed E-state index contributed by atoms with van der Waals surface area (Å²) in [6.45, 7) is 2.19. The molecule has 1 aliphatic heterocycles. The molecule has 1 aromatic carbocycles. The Hall–Kier alpha value is -1.55. The molecule has 0 spiro atoms. The molecule has 0 N–H and O–H groups in total. The summed E-state index contributed by atoms with van der Waals surface area (Å²) in [6.07, 6.45) is 8.39. The molecule has 1 aliphatic carbocycles. The Morgan fingerprint density at radius 1 is 1.11 bits per heavy atom. The van der Waals surface area contributed by atoms with E-state index in [1.54, 1.807) is 18.2 Å². The molecule has 0 saturated heterocycles. The number of hydrogen-bond acceptors (Lipinski definition) is 2. The molecule has 1 heterocycles. The summed E-state index contributed by atoms with van der Waals surface area (Å²) in [7, 11) is -3.36. The second-order valence-electron chi connectivity index (χ2n) is 4.62. The fourth-order valence-electron chi connectivity index (χ4n) is 2.60. The standard InChI is InChI=1S/C14H13BO2S/c1-15-11-7-3-2-4-9-13(11)18(16,17)14-10-6-5-8-12(14)15/h3-10H,2H2,1H3. The van der Waals surface area contributed by atoms with Crippen LogP contribution in [0.4, 0.5) is 0 Å². The lowest BCUT2D eigenvalue weighted by atomic mass is 9.41. The van der Waals surface area contributed by atoms with E-state index in [9.17, 15) is 8.42 Å². The summed E-state index contributed by atoms with van der Waals surface area (Å²) in [5.74, 6) is 0. The van der Waals surface area contributed by atoms with E-state index >= 15 is 0 Å². The van der Waals surface area contributed by atoms with Gasteiger partial charge in [-0.15, -0.1) is 0 Å². The number of sulfone groups is 1. The van der Waals surface area contributed by atoms with Gasteiger partial charge in [0.15, 0.2) is 0 Å². The van der Waals surface area contributed by atoms with Gasteiger partial charge in [0.05, 0.1) is 9.80 Å². The van der Waals surface area contributed by atoms with Crippen molar-refractivity contribution in [3.05, 3.63) is 58.9 Å². The second kappa shape index (κ2) is 3.99. The highest BCUT2D eigenvalue weighted by atomic mass is 32.2. The molecule has 4 heteroatoms. The van der Waals surface area contributed by atoms with Crippen LogP contribution in [0.5, 0.6) is 0 Å². The largest absolute Gasteiger partial charge is 0.219 e. The van der Waals surface area contributed by atoms with E-state index in [-0.39, 0.29) is 6.71 Å². The Bertz CT molecular complexity index is 696. The minimum absolute atomic E-state index is 0.124. The van der Waals surface area contributed by atoms with Crippen LogP contribution in [-0.4, -0.2) is 15.1 Å². The Morgan fingerprint density at radius 2 is 1.83 bits per heavy atom. The molecular weight excluding hydrogens is 243 g/mol. The second-order valence-corrected chi connectivity index (χ2v) is 6.51. The quantitative estimate of drug-likeness (QED) is 0.666. The Balaban J connectivity index is 2.37. The van der Waals surface area contributed by atoms with Gasteiger partial charge in [0.25, 0.3) is 0 Å². The molecule has 3 rings (SSSR count). The van der Waals surface area contributed by atoms with Crippen LogP contribution in [0.2, 0.25) is 6.82 Å². The van der Waals surface area contributed by atoms with Crippen LogP contribution < -0.4 is 5.46 Å². The maximum Gasteiger partial charge on any atom is 0.209 e. The molecule has 0 unspecified atom stereocenters. The van der Waals surface area contributed by atoms with Crippen molar-refractivity contribution in [1.82, 2.24) is 0 Å². The van der Waals surface area contributed by atoms with Crippen LogP contribution in [0.25, 0.3) is 0 Å². The molecule has 0 saturated carbocycles. The minimum Gasteiger partial charge on any atom is -0.219 e. The van der Waals surface area contributed by atoms with Gasteiger partial charge in [-0.25, -0.2) is 8.42 Å². The molecule has 0 bridgehead atoms. The lowest BCUT2D eigenvalue weighted by Gasteiger charge is -2.23. The van der Waals surface area contributed by atoms with Gasteiger partial charge in [-0.05, 0) is 18.6 Å². The van der Waals surface area contributed by atoms with Gasteiger partial charge < -0.3 is 0 Å². The van der Waals surface area contributed by atoms with Crippen molar-refractivity contribution in [1.29, 1.82) is 0 Å². The smallest absolute Gasteiger partial charge is 0.209 e. The van der Waals surface area contributed by atoms with Crippen molar-refractivity contribution >= 4 is 22.0 Å². The maximum absolute atomic E-state index is 12.6. The van der Waals surface area contributed by atoms with Crippen LogP contribution in [0.1, 0.15) is 6.42 Å². The molecule has 1 aromatic rings. The van der Waals surface area contributed by atoms with E-state index in [0.717, 1.165) is 17.4 Å². The molecule has 2 aliphatic rings. The molecule has 90 valence electrons. The summed E-state index contributed by atoms with van der Waals surface area (Å²) in [6, 6.07) is 7.29. The number of allylic oxidation sites excluding steroid dienone is 5. The first-order valence-electron chi connectivity index (χ1n) is 6.03. The summed E-state index contributed by atoms with van der Waals surface area (Å²) < 4.78 is 25.2. The summed E-state index contributed by atoms with van der Waals surface area (Å²) >= 11 is 0. The number of benzene rings is 1. The zero-order chi connectivity index (χ0) is 12.8. The van der Waals surface area contributed by atoms with Gasteiger partial charge in [0, 0.05) is 0 Å². The monoisotopic (exact) mass is 256 g/mol. The molecule has 0 radical (unpaired) electrons. The van der Waals surface area contributed by atoms with Crippen molar-refractivity contribution in [2.75, 3.05) is 0 Å². The predicted octanol–water partition coefficient (Wildman–Crippen LogP) is 2.11. The van der Waals surface area contributed by atoms with E-state index in [1.807, 2.05) is 30.4 Å². The molecular formula is C14H13BO2S. The zero-order valence-corrected chi connectivity index (χ0v) is 10.9. The molecule has 0 amide bonds. The van der Waals surface area contributed by atoms with Gasteiger partial charge in [-0.3, -0.25) is 0 Å². The van der Waals surface area contributed by atoms with Gasteiger partial charge in [0.1, 0.15) is 0 Å². The Kier molecular flexibility index (Phi) is 2.56. The average Bonchev–Trinajstić information content (AvgIpc) is 2.63. The molecule has 0 atom stereocenters. The Morgan fingerprint density at radius 3 is 2.67 bits per heavy atom. The van der Waals surface area contributed by atoms with E-state index in [1.165, 1.54) is 0 Å². The zero-order valence-electron chi connectivity index (χ0n) is 10.1. The van der Waals surface area contributed by atoms with Gasteiger partial charge in [-0.2, -0.15) is 0 Å². The third kappa shape index (κ3) is 1.52. The molecule has 18 heavy (non-hydrogen) atoms. The minimum atomic E-state index is -3.36. The number of rotatable bonds is 0. The van der Waals surface area contributed by atoms with E-state index in [0.29, 0.717) is 9.80 Å². The highest BCUT2D eigenvalue weighted by molar-refractivity contribution is 7.96. The lowest BCUT2D eigenvalue weighted by Crippen LogP contribution is -2.38. The first-order chi connectivity index (χ1) is 8.62. The van der Waals surface area contributed by atoms with Crippen molar-refractivity contribution in [2.24, 2.45) is 0 Å². The SMILES string of the molecule is CB1C2=C(C=CCC=C2)S(=O)(=O)c2ccccc21. The van der Waals surface area contributed by atoms with Gasteiger partial charge >= 0.3 is 0 Å². The van der Waals surface area contributed by atoms with Crippen LogP contribution in [0.3, 0.4) is 0 Å². The average molecular weight is 256 g/mol. The van der Waals surface area contributed by atoms with Crippen molar-refractivity contribution in [2.45, 2.75) is 18.1 Å². The molecule has 0 aromatic heterocycles. The lowest BCUT2D eigenvalue weighted by molar-refractivity contribution is 0.603. The van der Waals surface area contributed by atoms with E-state index < -0.39 is 9.84 Å². The van der Waals surface area contributed by atoms with Crippen LogP contribution in [0.15, 0.2) is 63.8 Å². The first-order valence-corrected chi connectivity index (χ1v) is 7.52. The first kappa shape index (κ1) is 11.5. The van der Waals surface area contributed by atoms with Crippen molar-refractivity contribution in [3.8, 4) is 0 Å². The highest BCUT2D eigenvalue weighted by Gasteiger charge is 2.35. The normalized spacial score (nSPS) is 20.4. The van der Waals surface area contributed by atoms with Crippen LogP contribution >= 0.6 is 0 Å². The molecule has 2 nitrogen and oxygen atoms in total.